The maximum absolute atomic E-state index is 11.9. The molecular formula is C12H10BrCl2NO. The smallest absolute Gasteiger partial charge is 0.189 e. The number of rotatable bonds is 2. The Morgan fingerprint density at radius 1 is 1.29 bits per heavy atom. The molecule has 90 valence electrons. The monoisotopic (exact) mass is 333 g/mol. The van der Waals surface area contributed by atoms with Gasteiger partial charge in [-0.2, -0.15) is 0 Å². The summed E-state index contributed by atoms with van der Waals surface area (Å²) < 4.78 is 0.630. The zero-order valence-corrected chi connectivity index (χ0v) is 12.2. The number of aryl methyl sites for hydroxylation is 1. The van der Waals surface area contributed by atoms with Crippen molar-refractivity contribution >= 4 is 50.0 Å². The average Bonchev–Trinajstić information content (AvgIpc) is 2.29. The Balaban J connectivity index is 2.83. The van der Waals surface area contributed by atoms with Crippen LogP contribution in [0, 0.1) is 0 Å². The summed E-state index contributed by atoms with van der Waals surface area (Å²) in [5.41, 5.74) is 1.45. The van der Waals surface area contributed by atoms with Gasteiger partial charge in [0.15, 0.2) is 5.43 Å². The molecular weight excluding hydrogens is 325 g/mol. The van der Waals surface area contributed by atoms with E-state index in [-0.39, 0.29) is 5.43 Å². The molecule has 5 heteroatoms. The Morgan fingerprint density at radius 2 is 2.00 bits per heavy atom. The van der Waals surface area contributed by atoms with Crippen LogP contribution in [-0.4, -0.2) is 4.98 Å². The predicted molar refractivity (Wildman–Crippen MR) is 76.3 cm³/mol. The molecule has 0 spiro atoms. The summed E-state index contributed by atoms with van der Waals surface area (Å²) in [6.07, 6.45) is 1.78. The fourth-order valence-electron chi connectivity index (χ4n) is 1.75. The van der Waals surface area contributed by atoms with Crippen molar-refractivity contribution in [1.82, 2.24) is 4.98 Å². The van der Waals surface area contributed by atoms with Gasteiger partial charge in [-0.05, 0) is 28.4 Å². The largest absolute Gasteiger partial charge is 0.357 e. The second kappa shape index (κ2) is 5.01. The molecule has 0 aliphatic carbocycles. The number of pyridine rings is 1. The van der Waals surface area contributed by atoms with E-state index in [0.29, 0.717) is 25.4 Å². The van der Waals surface area contributed by atoms with E-state index in [1.54, 1.807) is 12.1 Å². The summed E-state index contributed by atoms with van der Waals surface area (Å²) in [5.74, 6) is 0. The molecule has 2 nitrogen and oxygen atoms in total. The van der Waals surface area contributed by atoms with Crippen LogP contribution < -0.4 is 5.43 Å². The molecule has 0 unspecified atom stereocenters. The van der Waals surface area contributed by atoms with Gasteiger partial charge in [-0.3, -0.25) is 4.79 Å². The molecule has 0 atom stereocenters. The predicted octanol–water partition coefficient (Wildman–Crippen LogP) is 4.55. The number of H-pyrrole nitrogens is 1. The summed E-state index contributed by atoms with van der Waals surface area (Å²) in [6.45, 7) is 2.05. The van der Waals surface area contributed by atoms with Crippen LogP contribution in [0.2, 0.25) is 10.0 Å². The molecule has 1 aromatic heterocycles. The maximum atomic E-state index is 11.9. The first-order valence-corrected chi connectivity index (χ1v) is 6.79. The number of halogens is 3. The first-order chi connectivity index (χ1) is 8.04. The van der Waals surface area contributed by atoms with E-state index < -0.39 is 0 Å². The summed E-state index contributed by atoms with van der Waals surface area (Å²) >= 11 is 15.5. The van der Waals surface area contributed by atoms with E-state index >= 15 is 0 Å². The van der Waals surface area contributed by atoms with E-state index in [1.165, 1.54) is 0 Å². The lowest BCUT2D eigenvalue weighted by molar-refractivity contribution is 0.888. The van der Waals surface area contributed by atoms with Crippen molar-refractivity contribution in [1.29, 1.82) is 0 Å². The first kappa shape index (κ1) is 12.9. The molecule has 0 saturated heterocycles. The minimum atomic E-state index is -0.0403. The molecule has 0 saturated carbocycles. The van der Waals surface area contributed by atoms with Crippen LogP contribution in [-0.2, 0) is 6.42 Å². The van der Waals surface area contributed by atoms with Crippen molar-refractivity contribution in [3.05, 3.63) is 42.6 Å². The Bertz CT molecular complexity index is 636. The molecule has 0 bridgehead atoms. The fraction of sp³-hybridized carbons (Fsp3) is 0.250. The van der Waals surface area contributed by atoms with Crippen molar-refractivity contribution < 1.29 is 0 Å². The number of aromatic nitrogens is 1. The van der Waals surface area contributed by atoms with E-state index in [2.05, 4.69) is 27.8 Å². The Labute approximate surface area is 117 Å². The van der Waals surface area contributed by atoms with Gasteiger partial charge in [0, 0.05) is 21.6 Å². The summed E-state index contributed by atoms with van der Waals surface area (Å²) in [5, 5.41) is 1.35. The summed E-state index contributed by atoms with van der Waals surface area (Å²) in [6, 6.07) is 3.31. The van der Waals surface area contributed by atoms with Crippen LogP contribution in [0.25, 0.3) is 10.9 Å². The molecule has 1 heterocycles. The van der Waals surface area contributed by atoms with Gasteiger partial charge in [-0.15, -0.1) is 0 Å². The van der Waals surface area contributed by atoms with E-state index in [9.17, 15) is 4.79 Å². The quantitative estimate of drug-likeness (QED) is 0.803. The van der Waals surface area contributed by atoms with Gasteiger partial charge in [0.1, 0.15) is 0 Å². The van der Waals surface area contributed by atoms with Gasteiger partial charge in [-0.1, -0.05) is 36.5 Å². The van der Waals surface area contributed by atoms with Crippen molar-refractivity contribution in [2.75, 3.05) is 0 Å². The van der Waals surface area contributed by atoms with Crippen LogP contribution in [0.3, 0.4) is 0 Å². The molecule has 0 amide bonds. The molecule has 0 aliphatic rings. The molecule has 0 radical (unpaired) electrons. The second-order valence-corrected chi connectivity index (χ2v) is 5.43. The summed E-state index contributed by atoms with van der Waals surface area (Å²) in [4.78, 5) is 15.1. The van der Waals surface area contributed by atoms with Gasteiger partial charge in [-0.25, -0.2) is 0 Å². The van der Waals surface area contributed by atoms with Crippen molar-refractivity contribution in [3.63, 3.8) is 0 Å². The normalized spacial score (nSPS) is 11.1. The summed E-state index contributed by atoms with van der Waals surface area (Å²) in [7, 11) is 0. The van der Waals surface area contributed by atoms with Gasteiger partial charge in [0.2, 0.25) is 0 Å². The molecule has 2 rings (SSSR count). The van der Waals surface area contributed by atoms with E-state index in [1.807, 2.05) is 0 Å². The standard InChI is InChI=1S/C12H10BrCl2NO/c1-2-3-6-4-9(17)7-5-8(13)10(14)11(15)12(7)16-6/h4-5H,2-3H2,1H3,(H,16,17). The number of nitrogens with one attached hydrogen (secondary N) is 1. The van der Waals surface area contributed by atoms with E-state index in [0.717, 1.165) is 18.5 Å². The lowest BCUT2D eigenvalue weighted by Crippen LogP contribution is -2.05. The van der Waals surface area contributed by atoms with Gasteiger partial charge in [0.25, 0.3) is 0 Å². The number of benzene rings is 1. The van der Waals surface area contributed by atoms with Crippen LogP contribution in [0.1, 0.15) is 19.0 Å². The number of hydrogen-bond donors (Lipinski definition) is 1. The molecule has 0 fully saturated rings. The minimum Gasteiger partial charge on any atom is -0.357 e. The molecule has 1 N–H and O–H groups in total. The third kappa shape index (κ3) is 2.37. The Kier molecular flexibility index (Phi) is 3.81. The highest BCUT2D eigenvalue weighted by Crippen LogP contribution is 2.35. The highest BCUT2D eigenvalue weighted by Gasteiger charge is 2.12. The SMILES string of the molecule is CCCc1cc(=O)c2cc(Br)c(Cl)c(Cl)c2[nH]1. The van der Waals surface area contributed by atoms with Crippen LogP contribution in [0.4, 0.5) is 0 Å². The van der Waals surface area contributed by atoms with Crippen LogP contribution in [0.5, 0.6) is 0 Å². The second-order valence-electron chi connectivity index (χ2n) is 3.82. The zero-order valence-electron chi connectivity index (χ0n) is 9.11. The lowest BCUT2D eigenvalue weighted by Gasteiger charge is -2.07. The van der Waals surface area contributed by atoms with Crippen LogP contribution >= 0.6 is 39.1 Å². The Hall–Kier alpha value is -0.510. The van der Waals surface area contributed by atoms with Gasteiger partial charge < -0.3 is 4.98 Å². The third-order valence-corrected chi connectivity index (χ3v) is 4.26. The minimum absolute atomic E-state index is 0.0403. The number of hydrogen-bond acceptors (Lipinski definition) is 1. The molecule has 2 aromatic rings. The molecule has 17 heavy (non-hydrogen) atoms. The zero-order chi connectivity index (χ0) is 12.6. The van der Waals surface area contributed by atoms with Crippen LogP contribution in [0.15, 0.2) is 21.4 Å². The molecule has 1 aromatic carbocycles. The van der Waals surface area contributed by atoms with Crippen molar-refractivity contribution in [2.45, 2.75) is 19.8 Å². The Morgan fingerprint density at radius 3 is 2.65 bits per heavy atom. The van der Waals surface area contributed by atoms with Crippen molar-refractivity contribution in [3.8, 4) is 0 Å². The van der Waals surface area contributed by atoms with Gasteiger partial charge >= 0.3 is 0 Å². The average molecular weight is 335 g/mol. The number of aromatic amines is 1. The van der Waals surface area contributed by atoms with Crippen molar-refractivity contribution in [2.24, 2.45) is 0 Å². The first-order valence-electron chi connectivity index (χ1n) is 5.24. The topological polar surface area (TPSA) is 32.9 Å². The van der Waals surface area contributed by atoms with Gasteiger partial charge in [0.05, 0.1) is 15.6 Å². The third-order valence-electron chi connectivity index (χ3n) is 2.54. The highest BCUT2D eigenvalue weighted by molar-refractivity contribution is 9.10. The highest BCUT2D eigenvalue weighted by atomic mass is 79.9. The maximum Gasteiger partial charge on any atom is 0.189 e. The molecule has 0 aliphatic heterocycles. The van der Waals surface area contributed by atoms with E-state index in [4.69, 9.17) is 23.2 Å². The number of fused-ring (bicyclic) bond motifs is 1. The fourth-order valence-corrected chi connectivity index (χ4v) is 2.69. The lowest BCUT2D eigenvalue weighted by atomic mass is 10.1.